The van der Waals surface area contributed by atoms with E-state index in [0.717, 1.165) is 48.8 Å². The highest BCUT2D eigenvalue weighted by Gasteiger charge is 2.27. The second kappa shape index (κ2) is 11.0. The minimum Gasteiger partial charge on any atom is -0.359 e. The van der Waals surface area contributed by atoms with Crippen LogP contribution in [0.15, 0.2) is 59.1 Å². The number of hydrogen-bond acceptors (Lipinski definition) is 2. The van der Waals surface area contributed by atoms with E-state index in [2.05, 4.69) is 79.2 Å². The lowest BCUT2D eigenvalue weighted by atomic mass is 9.94. The number of nitrogens with one attached hydrogen (secondary N) is 1. The number of halogens is 1. The zero-order valence-corrected chi connectivity index (χ0v) is 20.8. The number of fused-ring (bicyclic) bond motifs is 1. The number of rotatable bonds is 8. The summed E-state index contributed by atoms with van der Waals surface area (Å²) in [4.78, 5) is 27.0. The Balaban J connectivity index is 1.42. The molecule has 0 aliphatic carbocycles. The minimum absolute atomic E-state index is 0.0463. The lowest BCUT2D eigenvalue weighted by Crippen LogP contribution is -2.39. The molecule has 0 radical (unpaired) electrons. The van der Waals surface area contributed by atoms with Gasteiger partial charge in [0.2, 0.25) is 11.8 Å². The molecule has 3 aromatic rings. The number of likely N-dealkylation sites (tertiary alicyclic amines) is 1. The van der Waals surface area contributed by atoms with Gasteiger partial charge in [-0.1, -0.05) is 46.3 Å². The molecule has 0 saturated carbocycles. The molecule has 1 aromatic heterocycles. The van der Waals surface area contributed by atoms with Crippen molar-refractivity contribution in [1.82, 2.24) is 14.8 Å². The molecule has 2 aromatic carbocycles. The maximum absolute atomic E-state index is 13.0. The van der Waals surface area contributed by atoms with Gasteiger partial charge in [0.25, 0.3) is 0 Å². The normalized spacial score (nSPS) is 16.2. The Labute approximate surface area is 204 Å². The van der Waals surface area contributed by atoms with Crippen LogP contribution in [0, 0.1) is 0 Å². The first-order valence-electron chi connectivity index (χ1n) is 11.9. The Kier molecular flexibility index (Phi) is 7.86. The van der Waals surface area contributed by atoms with Crippen molar-refractivity contribution in [2.24, 2.45) is 0 Å². The molecule has 1 fully saturated rings. The molecule has 2 amide bonds. The number of amides is 2. The van der Waals surface area contributed by atoms with Crippen LogP contribution >= 0.6 is 15.9 Å². The number of nitrogens with zero attached hydrogens (tertiary/aromatic N) is 2. The molecule has 1 atom stereocenters. The summed E-state index contributed by atoms with van der Waals surface area (Å²) in [6.45, 7) is 2.25. The summed E-state index contributed by atoms with van der Waals surface area (Å²) in [5.41, 5.74) is 3.67. The first-order valence-corrected chi connectivity index (χ1v) is 12.7. The Bertz CT molecular complexity index is 1110. The van der Waals surface area contributed by atoms with Crippen molar-refractivity contribution in [1.29, 1.82) is 0 Å². The molecule has 1 saturated heterocycles. The molecule has 2 heterocycles. The third-order valence-electron chi connectivity index (χ3n) is 6.65. The lowest BCUT2D eigenvalue weighted by molar-refractivity contribution is -0.132. The number of carbonyl (C=O) groups excluding carboxylic acids is 2. The highest BCUT2D eigenvalue weighted by Crippen LogP contribution is 2.32. The van der Waals surface area contributed by atoms with Crippen LogP contribution < -0.4 is 5.32 Å². The van der Waals surface area contributed by atoms with Gasteiger partial charge in [-0.15, -0.1) is 0 Å². The monoisotopic (exact) mass is 509 g/mol. The van der Waals surface area contributed by atoms with Crippen LogP contribution in [0.5, 0.6) is 0 Å². The number of benzene rings is 2. The molecule has 4 rings (SSSR count). The molecule has 174 valence electrons. The molecule has 0 bridgehead atoms. The lowest BCUT2D eigenvalue weighted by Gasteiger charge is -2.33. The first-order chi connectivity index (χ1) is 16.0. The van der Waals surface area contributed by atoms with Gasteiger partial charge in [0, 0.05) is 61.1 Å². The summed E-state index contributed by atoms with van der Waals surface area (Å²) in [7, 11) is 1.68. The fourth-order valence-electron chi connectivity index (χ4n) is 4.86. The second-order valence-electron chi connectivity index (χ2n) is 8.86. The quantitative estimate of drug-likeness (QED) is 0.449. The number of carbonyl (C=O) groups is 2. The van der Waals surface area contributed by atoms with Crippen molar-refractivity contribution in [3.05, 3.63) is 70.3 Å². The summed E-state index contributed by atoms with van der Waals surface area (Å²) in [6, 6.07) is 18.9. The number of para-hydroxylation sites is 1. The van der Waals surface area contributed by atoms with Crippen LogP contribution in [0.2, 0.25) is 0 Å². The molecule has 1 aliphatic rings. The van der Waals surface area contributed by atoms with E-state index in [1.807, 2.05) is 6.07 Å². The van der Waals surface area contributed by atoms with Crippen LogP contribution in [0.25, 0.3) is 10.9 Å². The molecule has 5 nitrogen and oxygen atoms in total. The summed E-state index contributed by atoms with van der Waals surface area (Å²) >= 11 is 3.47. The van der Waals surface area contributed by atoms with Crippen molar-refractivity contribution >= 4 is 38.6 Å². The Hall–Kier alpha value is -2.60. The van der Waals surface area contributed by atoms with Crippen molar-refractivity contribution in [3.8, 4) is 0 Å². The van der Waals surface area contributed by atoms with Gasteiger partial charge in [-0.2, -0.15) is 0 Å². The van der Waals surface area contributed by atoms with E-state index in [9.17, 15) is 9.59 Å². The standard InChI is InChI=1S/C27H32BrN3O2/c1-29-26(32)15-17-31-24-9-3-2-7-21(24)18-25(31)22-8-5-16-30(19-22)27(33)10-4-6-20-11-13-23(28)14-12-20/h2-3,7,9,11-14,18,22H,4-6,8,10,15-17,19H2,1H3,(H,29,32). The van der Waals surface area contributed by atoms with Crippen molar-refractivity contribution in [2.75, 3.05) is 20.1 Å². The van der Waals surface area contributed by atoms with Gasteiger partial charge in [-0.3, -0.25) is 9.59 Å². The van der Waals surface area contributed by atoms with E-state index in [1.165, 1.54) is 16.6 Å². The molecule has 33 heavy (non-hydrogen) atoms. The van der Waals surface area contributed by atoms with Gasteiger partial charge in [0.05, 0.1) is 0 Å². The zero-order valence-electron chi connectivity index (χ0n) is 19.2. The van der Waals surface area contributed by atoms with E-state index >= 15 is 0 Å². The van der Waals surface area contributed by atoms with Gasteiger partial charge < -0.3 is 14.8 Å². The Morgan fingerprint density at radius 3 is 2.67 bits per heavy atom. The van der Waals surface area contributed by atoms with Crippen molar-refractivity contribution in [3.63, 3.8) is 0 Å². The van der Waals surface area contributed by atoms with Crippen LogP contribution in [0.4, 0.5) is 0 Å². The van der Waals surface area contributed by atoms with Gasteiger partial charge in [-0.05, 0) is 60.9 Å². The molecule has 1 N–H and O–H groups in total. The van der Waals surface area contributed by atoms with Gasteiger partial charge in [-0.25, -0.2) is 0 Å². The third-order valence-corrected chi connectivity index (χ3v) is 7.17. The van der Waals surface area contributed by atoms with Crippen molar-refractivity contribution in [2.45, 2.75) is 51.0 Å². The fraction of sp³-hybridized carbons (Fsp3) is 0.407. The van der Waals surface area contributed by atoms with E-state index in [0.29, 0.717) is 25.3 Å². The Morgan fingerprint density at radius 1 is 1.09 bits per heavy atom. The molecule has 1 aliphatic heterocycles. The summed E-state index contributed by atoms with van der Waals surface area (Å²) in [5.74, 6) is 0.598. The summed E-state index contributed by atoms with van der Waals surface area (Å²) < 4.78 is 3.37. The molecule has 0 spiro atoms. The topological polar surface area (TPSA) is 54.3 Å². The maximum Gasteiger partial charge on any atom is 0.222 e. The summed E-state index contributed by atoms with van der Waals surface area (Å²) in [6.07, 6.45) is 4.91. The highest BCUT2D eigenvalue weighted by atomic mass is 79.9. The van der Waals surface area contributed by atoms with Crippen LogP contribution in [0.1, 0.15) is 49.3 Å². The second-order valence-corrected chi connectivity index (χ2v) is 9.78. The van der Waals surface area contributed by atoms with Gasteiger partial charge in [0.15, 0.2) is 0 Å². The number of piperidine rings is 1. The molecular weight excluding hydrogens is 478 g/mol. The predicted octanol–water partition coefficient (Wildman–Crippen LogP) is 5.27. The third kappa shape index (κ3) is 5.85. The maximum atomic E-state index is 13.0. The number of hydrogen-bond donors (Lipinski definition) is 1. The minimum atomic E-state index is 0.0463. The number of aryl methyl sites for hydroxylation is 2. The average Bonchev–Trinajstić information content (AvgIpc) is 3.22. The molecule has 6 heteroatoms. The van der Waals surface area contributed by atoms with E-state index in [4.69, 9.17) is 0 Å². The van der Waals surface area contributed by atoms with E-state index in [-0.39, 0.29) is 11.8 Å². The number of aromatic nitrogens is 1. The molecule has 1 unspecified atom stereocenters. The molecular formula is C27H32BrN3O2. The van der Waals surface area contributed by atoms with Gasteiger partial charge in [0.1, 0.15) is 0 Å². The predicted molar refractivity (Wildman–Crippen MR) is 136 cm³/mol. The van der Waals surface area contributed by atoms with Crippen molar-refractivity contribution < 1.29 is 9.59 Å². The van der Waals surface area contributed by atoms with E-state index in [1.54, 1.807) is 7.05 Å². The SMILES string of the molecule is CNC(=O)CCn1c(C2CCCN(C(=O)CCCc3ccc(Br)cc3)C2)cc2ccccc21. The Morgan fingerprint density at radius 2 is 1.88 bits per heavy atom. The van der Waals surface area contributed by atoms with Crippen LogP contribution in [-0.4, -0.2) is 41.4 Å². The summed E-state index contributed by atoms with van der Waals surface area (Å²) in [5, 5.41) is 3.92. The highest BCUT2D eigenvalue weighted by molar-refractivity contribution is 9.10. The zero-order chi connectivity index (χ0) is 23.2. The largest absolute Gasteiger partial charge is 0.359 e. The van der Waals surface area contributed by atoms with Crippen LogP contribution in [0.3, 0.4) is 0 Å². The average molecular weight is 510 g/mol. The smallest absolute Gasteiger partial charge is 0.222 e. The van der Waals surface area contributed by atoms with Crippen LogP contribution in [-0.2, 0) is 22.6 Å². The van der Waals surface area contributed by atoms with Gasteiger partial charge >= 0.3 is 0 Å². The fourth-order valence-corrected chi connectivity index (χ4v) is 5.12. The van der Waals surface area contributed by atoms with E-state index < -0.39 is 0 Å². The first kappa shape index (κ1) is 23.6.